The predicted molar refractivity (Wildman–Crippen MR) is 108 cm³/mol. The van der Waals surface area contributed by atoms with Gasteiger partial charge in [-0.1, -0.05) is 6.07 Å². The summed E-state index contributed by atoms with van der Waals surface area (Å²) in [6, 6.07) is 5.95. The number of hydrogen-bond donors (Lipinski definition) is 0. The van der Waals surface area contributed by atoms with E-state index < -0.39 is 0 Å². The van der Waals surface area contributed by atoms with Crippen LogP contribution in [0.5, 0.6) is 11.5 Å². The molecule has 28 heavy (non-hydrogen) atoms. The van der Waals surface area contributed by atoms with Gasteiger partial charge >= 0.3 is 0 Å². The zero-order valence-corrected chi connectivity index (χ0v) is 16.7. The van der Waals surface area contributed by atoms with E-state index in [-0.39, 0.29) is 5.92 Å². The van der Waals surface area contributed by atoms with Gasteiger partial charge in [-0.15, -0.1) is 0 Å². The summed E-state index contributed by atoms with van der Waals surface area (Å²) in [6.45, 7) is 9.53. The Morgan fingerprint density at radius 3 is 2.61 bits per heavy atom. The van der Waals surface area contributed by atoms with E-state index >= 15 is 0 Å². The monoisotopic (exact) mass is 386 g/mol. The van der Waals surface area contributed by atoms with Crippen LogP contribution in [0.1, 0.15) is 25.3 Å². The summed E-state index contributed by atoms with van der Waals surface area (Å²) in [6.07, 6.45) is 4.00. The minimum atomic E-state index is 0.213. The largest absolute Gasteiger partial charge is 0.490 e. The molecule has 152 valence electrons. The van der Waals surface area contributed by atoms with Crippen LogP contribution in [0, 0.1) is 5.92 Å². The number of fused-ring (bicyclic) bond motifs is 3. The molecule has 1 aromatic carbocycles. The van der Waals surface area contributed by atoms with E-state index in [1.807, 2.05) is 31.2 Å². The standard InChI is InChI=1S/C22H30N2O4/c1-2-27-21-16-17(15-19-22(25)18-5-7-24(19)8-6-18)3-4-20(21)28-14-11-23-9-12-26-13-10-23/h3-4,15-16,18H,2,5-14H2,1H3. The summed E-state index contributed by atoms with van der Waals surface area (Å²) in [5.41, 5.74) is 1.84. The molecule has 0 spiro atoms. The highest BCUT2D eigenvalue weighted by Gasteiger charge is 2.36. The molecule has 0 aromatic heterocycles. The number of ether oxygens (including phenoxy) is 3. The second kappa shape index (κ2) is 8.97. The fourth-order valence-corrected chi connectivity index (χ4v) is 4.18. The van der Waals surface area contributed by atoms with E-state index in [1.165, 1.54) is 0 Å². The van der Waals surface area contributed by atoms with E-state index in [1.54, 1.807) is 0 Å². The second-order valence-corrected chi connectivity index (χ2v) is 7.60. The van der Waals surface area contributed by atoms with Crippen LogP contribution in [0.15, 0.2) is 23.9 Å². The van der Waals surface area contributed by atoms with Gasteiger partial charge in [0.2, 0.25) is 0 Å². The molecule has 0 saturated carbocycles. The molecule has 5 rings (SSSR count). The zero-order chi connectivity index (χ0) is 19.3. The first-order valence-corrected chi connectivity index (χ1v) is 10.4. The van der Waals surface area contributed by atoms with Gasteiger partial charge in [0.15, 0.2) is 17.3 Å². The maximum atomic E-state index is 12.6. The lowest BCUT2D eigenvalue weighted by Crippen LogP contribution is -2.45. The maximum Gasteiger partial charge on any atom is 0.182 e. The van der Waals surface area contributed by atoms with Crippen molar-refractivity contribution in [1.82, 2.24) is 9.80 Å². The molecule has 0 radical (unpaired) electrons. The molecule has 4 fully saturated rings. The fraction of sp³-hybridized carbons (Fsp3) is 0.591. The second-order valence-electron chi connectivity index (χ2n) is 7.60. The van der Waals surface area contributed by atoms with Crippen molar-refractivity contribution < 1.29 is 19.0 Å². The Labute approximate surface area is 167 Å². The van der Waals surface area contributed by atoms with Crippen LogP contribution in [0.25, 0.3) is 6.08 Å². The Bertz CT molecular complexity index is 719. The SMILES string of the molecule is CCOc1cc(C=C2C(=O)C3CCN2CC3)ccc1OCCN1CCOCC1. The summed E-state index contributed by atoms with van der Waals surface area (Å²) < 4.78 is 17.2. The molecular weight excluding hydrogens is 356 g/mol. The van der Waals surface area contributed by atoms with Gasteiger partial charge in [-0.05, 0) is 43.5 Å². The van der Waals surface area contributed by atoms with Crippen LogP contribution in [0.4, 0.5) is 0 Å². The third-order valence-corrected chi connectivity index (χ3v) is 5.80. The Morgan fingerprint density at radius 2 is 1.89 bits per heavy atom. The number of carbonyl (C=O) groups is 1. The van der Waals surface area contributed by atoms with Gasteiger partial charge in [-0.2, -0.15) is 0 Å². The lowest BCUT2D eigenvalue weighted by Gasteiger charge is -2.41. The van der Waals surface area contributed by atoms with Crippen LogP contribution in [-0.4, -0.2) is 74.7 Å². The molecule has 1 aromatic rings. The maximum absolute atomic E-state index is 12.6. The van der Waals surface area contributed by atoms with Gasteiger partial charge in [-0.3, -0.25) is 9.69 Å². The summed E-state index contributed by atoms with van der Waals surface area (Å²) in [5.74, 6) is 2.00. The molecular formula is C22H30N2O4. The van der Waals surface area contributed by atoms with Crippen LogP contribution in [-0.2, 0) is 9.53 Å². The molecule has 4 aliphatic rings. The lowest BCUT2D eigenvalue weighted by atomic mass is 9.84. The van der Waals surface area contributed by atoms with Crippen molar-refractivity contribution in [3.05, 3.63) is 29.5 Å². The Balaban J connectivity index is 1.44. The third-order valence-electron chi connectivity index (χ3n) is 5.80. The zero-order valence-electron chi connectivity index (χ0n) is 16.7. The van der Waals surface area contributed by atoms with E-state index in [0.29, 0.717) is 19.0 Å². The Kier molecular flexibility index (Phi) is 6.17. The molecule has 4 aliphatic heterocycles. The average molecular weight is 386 g/mol. The molecule has 0 atom stereocenters. The first kappa shape index (κ1) is 19.3. The number of benzene rings is 1. The smallest absolute Gasteiger partial charge is 0.182 e. The molecule has 0 N–H and O–H groups in total. The van der Waals surface area contributed by atoms with E-state index in [0.717, 1.165) is 81.5 Å². The van der Waals surface area contributed by atoms with Crippen LogP contribution in [0.2, 0.25) is 0 Å². The molecule has 2 bridgehead atoms. The topological polar surface area (TPSA) is 51.2 Å². The summed E-state index contributed by atoms with van der Waals surface area (Å²) in [4.78, 5) is 17.1. The van der Waals surface area contributed by atoms with Crippen molar-refractivity contribution in [3.63, 3.8) is 0 Å². The Hall–Kier alpha value is -2.05. The van der Waals surface area contributed by atoms with Crippen molar-refractivity contribution in [3.8, 4) is 11.5 Å². The molecule has 4 saturated heterocycles. The van der Waals surface area contributed by atoms with Crippen molar-refractivity contribution >= 4 is 11.9 Å². The number of piperidine rings is 3. The number of hydrogen-bond acceptors (Lipinski definition) is 6. The van der Waals surface area contributed by atoms with Gasteiger partial charge in [0.05, 0.1) is 25.5 Å². The minimum absolute atomic E-state index is 0.213. The van der Waals surface area contributed by atoms with Crippen molar-refractivity contribution in [2.24, 2.45) is 5.92 Å². The first-order valence-electron chi connectivity index (χ1n) is 10.4. The van der Waals surface area contributed by atoms with E-state index in [2.05, 4.69) is 9.80 Å². The average Bonchev–Trinajstić information content (AvgIpc) is 2.73. The first-order chi connectivity index (χ1) is 13.7. The van der Waals surface area contributed by atoms with Crippen LogP contribution >= 0.6 is 0 Å². The van der Waals surface area contributed by atoms with Crippen molar-refractivity contribution in [2.75, 3.05) is 59.2 Å². The lowest BCUT2D eigenvalue weighted by molar-refractivity contribution is -0.125. The molecule has 6 heteroatoms. The van der Waals surface area contributed by atoms with E-state index in [4.69, 9.17) is 14.2 Å². The third kappa shape index (κ3) is 4.33. The summed E-state index contributed by atoms with van der Waals surface area (Å²) in [5, 5.41) is 0. The van der Waals surface area contributed by atoms with Crippen LogP contribution in [0.3, 0.4) is 0 Å². The van der Waals surface area contributed by atoms with Gasteiger partial charge in [0, 0.05) is 38.6 Å². The van der Waals surface area contributed by atoms with Gasteiger partial charge < -0.3 is 19.1 Å². The number of rotatable bonds is 7. The number of ketones is 1. The number of morpholine rings is 1. The van der Waals surface area contributed by atoms with E-state index in [9.17, 15) is 4.79 Å². The molecule has 4 heterocycles. The molecule has 0 aliphatic carbocycles. The van der Waals surface area contributed by atoms with Crippen molar-refractivity contribution in [1.29, 1.82) is 0 Å². The molecule has 6 nitrogen and oxygen atoms in total. The van der Waals surface area contributed by atoms with Crippen LogP contribution < -0.4 is 9.47 Å². The minimum Gasteiger partial charge on any atom is -0.490 e. The van der Waals surface area contributed by atoms with Crippen molar-refractivity contribution in [2.45, 2.75) is 19.8 Å². The van der Waals surface area contributed by atoms with Gasteiger partial charge in [0.25, 0.3) is 0 Å². The normalized spacial score (nSPS) is 22.1. The quantitative estimate of drug-likeness (QED) is 0.671. The number of Topliss-reactive ketones (excluding diaryl/α,β-unsaturated/α-hetero) is 1. The highest BCUT2D eigenvalue weighted by Crippen LogP contribution is 2.34. The Morgan fingerprint density at radius 1 is 1.11 bits per heavy atom. The molecule has 0 unspecified atom stereocenters. The fourth-order valence-electron chi connectivity index (χ4n) is 4.18. The van der Waals surface area contributed by atoms with Gasteiger partial charge in [-0.25, -0.2) is 0 Å². The van der Waals surface area contributed by atoms with Gasteiger partial charge in [0.1, 0.15) is 6.61 Å². The number of carbonyl (C=O) groups excluding carboxylic acids is 1. The number of nitrogens with zero attached hydrogens (tertiary/aromatic N) is 2. The highest BCUT2D eigenvalue weighted by atomic mass is 16.5. The summed E-state index contributed by atoms with van der Waals surface area (Å²) in [7, 11) is 0. The predicted octanol–water partition coefficient (Wildman–Crippen LogP) is 2.43. The molecule has 0 amide bonds. The highest BCUT2D eigenvalue weighted by molar-refractivity contribution is 6.01. The summed E-state index contributed by atoms with van der Waals surface area (Å²) >= 11 is 0. The number of allylic oxidation sites excluding steroid dienone is 1.